The van der Waals surface area contributed by atoms with Gasteiger partial charge in [-0.25, -0.2) is 0 Å². The summed E-state index contributed by atoms with van der Waals surface area (Å²) in [5.41, 5.74) is 5.15. The second kappa shape index (κ2) is 6.72. The zero-order valence-electron chi connectivity index (χ0n) is 10.8. The number of hydrazine groups is 1. The standard InChI is InChI=1S/C14H17N3O2/c1-18-8-9-19-14-5-3-2-4-12(14)13-10-11(17-15)6-7-16-13/h2-7,10H,8-9,15H2,1H3,(H,16,17). The number of anilines is 1. The Kier molecular flexibility index (Phi) is 4.72. The summed E-state index contributed by atoms with van der Waals surface area (Å²) >= 11 is 0. The van der Waals surface area contributed by atoms with Gasteiger partial charge >= 0.3 is 0 Å². The first-order valence-electron chi connectivity index (χ1n) is 5.99. The van der Waals surface area contributed by atoms with E-state index in [0.717, 1.165) is 22.7 Å². The predicted molar refractivity (Wildman–Crippen MR) is 74.9 cm³/mol. The van der Waals surface area contributed by atoms with E-state index in [-0.39, 0.29) is 0 Å². The topological polar surface area (TPSA) is 69.4 Å². The third-order valence-corrected chi connectivity index (χ3v) is 2.63. The number of benzene rings is 1. The third-order valence-electron chi connectivity index (χ3n) is 2.63. The average molecular weight is 259 g/mol. The first kappa shape index (κ1) is 13.3. The van der Waals surface area contributed by atoms with Crippen LogP contribution < -0.4 is 16.0 Å². The van der Waals surface area contributed by atoms with E-state index >= 15 is 0 Å². The Morgan fingerprint density at radius 1 is 1.21 bits per heavy atom. The number of nitrogens with zero attached hydrogens (tertiary/aromatic N) is 1. The molecule has 1 heterocycles. The molecule has 0 atom stereocenters. The van der Waals surface area contributed by atoms with Gasteiger partial charge < -0.3 is 14.9 Å². The minimum Gasteiger partial charge on any atom is -0.490 e. The highest BCUT2D eigenvalue weighted by atomic mass is 16.5. The Labute approximate surface area is 112 Å². The predicted octanol–water partition coefficient (Wildman–Crippen LogP) is 2.06. The molecule has 100 valence electrons. The molecule has 0 amide bonds. The van der Waals surface area contributed by atoms with E-state index in [1.54, 1.807) is 19.4 Å². The van der Waals surface area contributed by atoms with Crippen LogP contribution in [-0.2, 0) is 4.74 Å². The molecule has 2 rings (SSSR count). The number of methoxy groups -OCH3 is 1. The highest BCUT2D eigenvalue weighted by Gasteiger charge is 2.07. The molecule has 0 aliphatic heterocycles. The normalized spacial score (nSPS) is 10.2. The van der Waals surface area contributed by atoms with Crippen LogP contribution >= 0.6 is 0 Å². The Hall–Kier alpha value is -2.11. The molecule has 0 spiro atoms. The van der Waals surface area contributed by atoms with Crippen molar-refractivity contribution in [1.82, 2.24) is 4.98 Å². The lowest BCUT2D eigenvalue weighted by atomic mass is 10.1. The zero-order valence-corrected chi connectivity index (χ0v) is 10.8. The van der Waals surface area contributed by atoms with E-state index in [9.17, 15) is 0 Å². The van der Waals surface area contributed by atoms with Gasteiger partial charge in [-0.3, -0.25) is 10.8 Å². The van der Waals surface area contributed by atoms with Crippen LogP contribution in [0.1, 0.15) is 0 Å². The molecule has 3 N–H and O–H groups in total. The number of nitrogens with one attached hydrogen (secondary N) is 1. The minimum atomic E-state index is 0.502. The van der Waals surface area contributed by atoms with Crippen LogP contribution in [0.3, 0.4) is 0 Å². The van der Waals surface area contributed by atoms with Crippen molar-refractivity contribution in [3.63, 3.8) is 0 Å². The molecule has 0 unspecified atom stereocenters. The van der Waals surface area contributed by atoms with Crippen LogP contribution in [0.2, 0.25) is 0 Å². The van der Waals surface area contributed by atoms with Gasteiger partial charge in [0.1, 0.15) is 12.4 Å². The Bertz CT molecular complexity index is 532. The fourth-order valence-corrected chi connectivity index (χ4v) is 1.71. The summed E-state index contributed by atoms with van der Waals surface area (Å²) in [4.78, 5) is 4.34. The van der Waals surface area contributed by atoms with Crippen LogP contribution in [-0.4, -0.2) is 25.3 Å². The van der Waals surface area contributed by atoms with Gasteiger partial charge in [0.25, 0.3) is 0 Å². The van der Waals surface area contributed by atoms with Gasteiger partial charge in [0, 0.05) is 18.9 Å². The molecule has 0 fully saturated rings. The summed E-state index contributed by atoms with van der Waals surface area (Å²) in [5, 5.41) is 0. The number of aromatic nitrogens is 1. The molecule has 5 heteroatoms. The van der Waals surface area contributed by atoms with Gasteiger partial charge in [-0.05, 0) is 24.3 Å². The largest absolute Gasteiger partial charge is 0.490 e. The Morgan fingerprint density at radius 2 is 2.05 bits per heavy atom. The molecule has 2 aromatic rings. The minimum absolute atomic E-state index is 0.502. The van der Waals surface area contributed by atoms with Gasteiger partial charge in [0.05, 0.1) is 18.0 Å². The molecular weight excluding hydrogens is 242 g/mol. The summed E-state index contributed by atoms with van der Waals surface area (Å²) in [5.74, 6) is 6.19. The number of ether oxygens (including phenoxy) is 2. The lowest BCUT2D eigenvalue weighted by Crippen LogP contribution is -2.07. The summed E-state index contributed by atoms with van der Waals surface area (Å²) in [7, 11) is 1.65. The number of hydrogen-bond donors (Lipinski definition) is 2. The molecule has 1 aromatic carbocycles. The highest BCUT2D eigenvalue weighted by molar-refractivity contribution is 5.69. The van der Waals surface area contributed by atoms with Crippen LogP contribution in [0, 0.1) is 0 Å². The van der Waals surface area contributed by atoms with Crippen LogP contribution in [0.15, 0.2) is 42.6 Å². The van der Waals surface area contributed by atoms with Crippen molar-refractivity contribution < 1.29 is 9.47 Å². The average Bonchev–Trinajstić information content (AvgIpc) is 2.48. The number of nitrogen functional groups attached to an aromatic ring is 1. The Morgan fingerprint density at radius 3 is 2.84 bits per heavy atom. The first-order chi connectivity index (χ1) is 9.35. The van der Waals surface area contributed by atoms with Gasteiger partial charge in [0.15, 0.2) is 0 Å². The monoisotopic (exact) mass is 259 g/mol. The lowest BCUT2D eigenvalue weighted by molar-refractivity contribution is 0.146. The number of para-hydroxylation sites is 1. The van der Waals surface area contributed by atoms with Crippen molar-refractivity contribution in [2.24, 2.45) is 5.84 Å². The van der Waals surface area contributed by atoms with Crippen LogP contribution in [0.5, 0.6) is 5.75 Å². The molecule has 0 radical (unpaired) electrons. The molecule has 19 heavy (non-hydrogen) atoms. The van der Waals surface area contributed by atoms with Crippen molar-refractivity contribution in [3.8, 4) is 17.0 Å². The molecule has 0 bridgehead atoms. The SMILES string of the molecule is COCCOc1ccccc1-c1cc(NN)ccn1. The molecular formula is C14H17N3O2. The van der Waals surface area contributed by atoms with Crippen molar-refractivity contribution in [3.05, 3.63) is 42.6 Å². The molecule has 0 aliphatic rings. The van der Waals surface area contributed by atoms with E-state index in [0.29, 0.717) is 13.2 Å². The number of pyridine rings is 1. The summed E-state index contributed by atoms with van der Waals surface area (Å²) in [6.45, 7) is 1.05. The molecule has 1 aromatic heterocycles. The highest BCUT2D eigenvalue weighted by Crippen LogP contribution is 2.29. The zero-order chi connectivity index (χ0) is 13.5. The maximum absolute atomic E-state index is 5.69. The number of nitrogens with two attached hydrogens (primary N) is 1. The smallest absolute Gasteiger partial charge is 0.128 e. The van der Waals surface area contributed by atoms with Crippen molar-refractivity contribution in [2.45, 2.75) is 0 Å². The maximum Gasteiger partial charge on any atom is 0.128 e. The molecule has 0 saturated heterocycles. The van der Waals surface area contributed by atoms with Crippen molar-refractivity contribution in [1.29, 1.82) is 0 Å². The first-order valence-corrected chi connectivity index (χ1v) is 5.99. The van der Waals surface area contributed by atoms with Crippen molar-refractivity contribution >= 4 is 5.69 Å². The van der Waals surface area contributed by atoms with E-state index < -0.39 is 0 Å². The molecule has 0 aliphatic carbocycles. The molecule has 5 nitrogen and oxygen atoms in total. The van der Waals surface area contributed by atoms with E-state index in [4.69, 9.17) is 15.3 Å². The van der Waals surface area contributed by atoms with Gasteiger partial charge in [-0.2, -0.15) is 0 Å². The number of hydrogen-bond acceptors (Lipinski definition) is 5. The van der Waals surface area contributed by atoms with Gasteiger partial charge in [0.2, 0.25) is 0 Å². The number of rotatable bonds is 6. The van der Waals surface area contributed by atoms with E-state index in [1.807, 2.05) is 30.3 Å². The third kappa shape index (κ3) is 3.43. The van der Waals surface area contributed by atoms with Crippen molar-refractivity contribution in [2.75, 3.05) is 25.7 Å². The quantitative estimate of drug-likeness (QED) is 0.472. The Balaban J connectivity index is 2.27. The molecule has 0 saturated carbocycles. The maximum atomic E-state index is 5.69. The fraction of sp³-hybridized carbons (Fsp3) is 0.214. The summed E-state index contributed by atoms with van der Waals surface area (Å²) in [6, 6.07) is 11.4. The summed E-state index contributed by atoms with van der Waals surface area (Å²) < 4.78 is 10.7. The fourth-order valence-electron chi connectivity index (χ4n) is 1.71. The van der Waals surface area contributed by atoms with E-state index in [1.165, 1.54) is 0 Å². The van der Waals surface area contributed by atoms with Gasteiger partial charge in [-0.1, -0.05) is 12.1 Å². The second-order valence-corrected chi connectivity index (χ2v) is 3.91. The van der Waals surface area contributed by atoms with Crippen LogP contribution in [0.4, 0.5) is 5.69 Å². The lowest BCUT2D eigenvalue weighted by Gasteiger charge is -2.11. The second-order valence-electron chi connectivity index (χ2n) is 3.91. The van der Waals surface area contributed by atoms with E-state index in [2.05, 4.69) is 10.4 Å². The van der Waals surface area contributed by atoms with Crippen LogP contribution in [0.25, 0.3) is 11.3 Å². The summed E-state index contributed by atoms with van der Waals surface area (Å²) in [6.07, 6.45) is 1.70. The van der Waals surface area contributed by atoms with Gasteiger partial charge in [-0.15, -0.1) is 0 Å².